The van der Waals surface area contributed by atoms with Crippen molar-refractivity contribution >= 4 is 11.7 Å². The molecule has 26 heavy (non-hydrogen) atoms. The molecule has 1 heterocycles. The van der Waals surface area contributed by atoms with Crippen molar-refractivity contribution in [1.29, 1.82) is 0 Å². The van der Waals surface area contributed by atoms with Crippen LogP contribution in [0.1, 0.15) is 36.1 Å². The molecule has 2 rings (SSSR count). The zero-order valence-electron chi connectivity index (χ0n) is 13.7. The number of aliphatic carboxylic acids is 1. The van der Waals surface area contributed by atoms with Gasteiger partial charge in [-0.15, -0.1) is 0 Å². The third-order valence-electron chi connectivity index (χ3n) is 3.40. The summed E-state index contributed by atoms with van der Waals surface area (Å²) in [5.74, 6) is -0.897. The van der Waals surface area contributed by atoms with Gasteiger partial charge < -0.3 is 9.94 Å². The van der Waals surface area contributed by atoms with Gasteiger partial charge in [0.15, 0.2) is 0 Å². The van der Waals surface area contributed by atoms with Gasteiger partial charge in [0.25, 0.3) is 0 Å². The van der Waals surface area contributed by atoms with Crippen molar-refractivity contribution in [3.05, 3.63) is 65.5 Å². The number of oxime groups is 1. The van der Waals surface area contributed by atoms with Gasteiger partial charge in [-0.05, 0) is 37.1 Å². The van der Waals surface area contributed by atoms with Crippen molar-refractivity contribution in [2.24, 2.45) is 5.16 Å². The molecule has 1 aromatic heterocycles. The smallest absolute Gasteiger partial charge is 0.416 e. The summed E-state index contributed by atoms with van der Waals surface area (Å²) in [5.41, 5.74) is -0.0172. The van der Waals surface area contributed by atoms with Gasteiger partial charge in [-0.3, -0.25) is 9.78 Å². The number of benzene rings is 1. The number of pyridine rings is 1. The molecule has 138 valence electrons. The number of halogens is 3. The van der Waals surface area contributed by atoms with Gasteiger partial charge in [-0.2, -0.15) is 13.2 Å². The molecule has 2 aromatic rings. The van der Waals surface area contributed by atoms with Crippen LogP contribution in [0.3, 0.4) is 0 Å². The fourth-order valence-corrected chi connectivity index (χ4v) is 2.15. The zero-order valence-corrected chi connectivity index (χ0v) is 13.7. The summed E-state index contributed by atoms with van der Waals surface area (Å²) in [4.78, 5) is 19.8. The van der Waals surface area contributed by atoms with E-state index in [1.807, 2.05) is 0 Å². The second-order valence-electron chi connectivity index (χ2n) is 5.42. The number of carbonyl (C=O) groups is 1. The number of rotatable bonds is 8. The minimum absolute atomic E-state index is 0.0216. The summed E-state index contributed by atoms with van der Waals surface area (Å²) in [7, 11) is 0. The van der Waals surface area contributed by atoms with E-state index in [0.29, 0.717) is 18.5 Å². The molecule has 1 aromatic carbocycles. The highest BCUT2D eigenvalue weighted by molar-refractivity contribution is 6.11. The summed E-state index contributed by atoms with van der Waals surface area (Å²) in [6, 6.07) is 9.75. The molecule has 8 heteroatoms. The maximum Gasteiger partial charge on any atom is 0.416 e. The molecule has 0 unspecified atom stereocenters. The number of alkyl halides is 3. The molecule has 0 fully saturated rings. The van der Waals surface area contributed by atoms with Gasteiger partial charge in [0.05, 0.1) is 11.3 Å². The Balaban J connectivity index is 2.20. The number of unbranched alkanes of at least 4 members (excludes halogenated alkanes) is 1. The molecule has 0 aliphatic heterocycles. The van der Waals surface area contributed by atoms with Crippen molar-refractivity contribution in [3.8, 4) is 0 Å². The number of carboxylic acids is 1. The SMILES string of the molecule is O=C(O)CCCCON=C(c1cccc(C(F)(F)F)c1)c1ccccn1. The molecule has 1 N–H and O–H groups in total. The molecular formula is C18H17F3N2O3. The molecule has 0 radical (unpaired) electrons. The first-order valence-electron chi connectivity index (χ1n) is 7.88. The van der Waals surface area contributed by atoms with Gasteiger partial charge in [0, 0.05) is 18.2 Å². The number of hydrogen-bond donors (Lipinski definition) is 1. The van der Waals surface area contributed by atoms with Crippen LogP contribution in [0.5, 0.6) is 0 Å². The van der Waals surface area contributed by atoms with Gasteiger partial charge >= 0.3 is 12.1 Å². The van der Waals surface area contributed by atoms with Gasteiger partial charge in [-0.25, -0.2) is 0 Å². The highest BCUT2D eigenvalue weighted by Gasteiger charge is 2.30. The van der Waals surface area contributed by atoms with Gasteiger partial charge in [0.1, 0.15) is 12.3 Å². The molecule has 0 saturated heterocycles. The molecule has 0 spiro atoms. The molecule has 5 nitrogen and oxygen atoms in total. The van der Waals surface area contributed by atoms with Crippen LogP contribution in [0.2, 0.25) is 0 Å². The first-order valence-corrected chi connectivity index (χ1v) is 7.88. The lowest BCUT2D eigenvalue weighted by Gasteiger charge is -2.10. The Morgan fingerprint density at radius 1 is 1.15 bits per heavy atom. The van der Waals surface area contributed by atoms with Crippen LogP contribution in [-0.4, -0.2) is 28.4 Å². The first-order chi connectivity index (χ1) is 12.4. The lowest BCUT2D eigenvalue weighted by molar-refractivity contribution is -0.138. The fourth-order valence-electron chi connectivity index (χ4n) is 2.15. The number of carboxylic acid groups (broad SMARTS) is 1. The second-order valence-corrected chi connectivity index (χ2v) is 5.42. The standard InChI is InChI=1S/C18H17F3N2O3/c19-18(20,21)14-7-5-6-13(12-14)17(15-8-1-3-10-22-15)23-26-11-4-2-9-16(24)25/h1,3,5-8,10,12H,2,4,9,11H2,(H,24,25). The Kier molecular flexibility index (Phi) is 6.71. The maximum atomic E-state index is 13.0. The lowest BCUT2D eigenvalue weighted by atomic mass is 10.0. The number of aromatic nitrogens is 1. The van der Waals surface area contributed by atoms with Gasteiger partial charge in [-0.1, -0.05) is 23.4 Å². The quantitative estimate of drug-likeness (QED) is 0.433. The predicted octanol–water partition coefficient (Wildman–Crippen LogP) is 4.12. The van der Waals surface area contributed by atoms with Crippen molar-refractivity contribution in [2.45, 2.75) is 25.4 Å². The molecule has 0 amide bonds. The van der Waals surface area contributed by atoms with Crippen molar-refractivity contribution in [1.82, 2.24) is 4.98 Å². The highest BCUT2D eigenvalue weighted by Crippen LogP contribution is 2.30. The third-order valence-corrected chi connectivity index (χ3v) is 3.40. The monoisotopic (exact) mass is 366 g/mol. The van der Waals surface area contributed by atoms with Crippen molar-refractivity contribution in [2.75, 3.05) is 6.61 Å². The van der Waals surface area contributed by atoms with E-state index in [0.717, 1.165) is 12.1 Å². The lowest BCUT2D eigenvalue weighted by Crippen LogP contribution is -2.10. The Bertz CT molecular complexity index is 762. The van der Waals surface area contributed by atoms with Crippen LogP contribution in [-0.2, 0) is 15.8 Å². The highest BCUT2D eigenvalue weighted by atomic mass is 19.4. The van der Waals surface area contributed by atoms with Crippen molar-refractivity contribution < 1.29 is 27.9 Å². The van der Waals surface area contributed by atoms with E-state index in [9.17, 15) is 18.0 Å². The number of hydrogen-bond acceptors (Lipinski definition) is 4. The molecule has 0 atom stereocenters. The van der Waals surface area contributed by atoms with Crippen LogP contribution in [0.15, 0.2) is 53.8 Å². The Hall–Kier alpha value is -2.90. The van der Waals surface area contributed by atoms with E-state index in [4.69, 9.17) is 9.94 Å². The van der Waals surface area contributed by atoms with Crippen LogP contribution in [0, 0.1) is 0 Å². The van der Waals surface area contributed by atoms with Crippen LogP contribution in [0.4, 0.5) is 13.2 Å². The van der Waals surface area contributed by atoms with Crippen molar-refractivity contribution in [3.63, 3.8) is 0 Å². The molecular weight excluding hydrogens is 349 g/mol. The topological polar surface area (TPSA) is 71.8 Å². The van der Waals surface area contributed by atoms with E-state index in [1.54, 1.807) is 18.2 Å². The fraction of sp³-hybridized carbons (Fsp3) is 0.278. The van der Waals surface area contributed by atoms with Crippen LogP contribution < -0.4 is 0 Å². The largest absolute Gasteiger partial charge is 0.481 e. The van der Waals surface area contributed by atoms with E-state index in [1.165, 1.54) is 18.3 Å². The van der Waals surface area contributed by atoms with Crippen LogP contribution >= 0.6 is 0 Å². The normalized spacial score (nSPS) is 12.0. The molecule has 0 bridgehead atoms. The van der Waals surface area contributed by atoms with E-state index < -0.39 is 17.7 Å². The zero-order chi connectivity index (χ0) is 19.0. The molecule has 0 aliphatic rings. The summed E-state index contributed by atoms with van der Waals surface area (Å²) >= 11 is 0. The number of nitrogens with zero attached hydrogens (tertiary/aromatic N) is 2. The van der Waals surface area contributed by atoms with E-state index in [-0.39, 0.29) is 24.3 Å². The molecule has 0 aliphatic carbocycles. The second kappa shape index (κ2) is 8.98. The summed E-state index contributed by atoms with van der Waals surface area (Å²) in [6.07, 6.45) is -2.05. The predicted molar refractivity (Wildman–Crippen MR) is 88.8 cm³/mol. The summed E-state index contributed by atoms with van der Waals surface area (Å²) < 4.78 is 38.9. The minimum atomic E-state index is -4.47. The Labute approximate surface area is 148 Å². The average Bonchev–Trinajstić information content (AvgIpc) is 2.61. The van der Waals surface area contributed by atoms with E-state index >= 15 is 0 Å². The Morgan fingerprint density at radius 3 is 2.62 bits per heavy atom. The van der Waals surface area contributed by atoms with Crippen LogP contribution in [0.25, 0.3) is 0 Å². The first kappa shape index (κ1) is 19.4. The third kappa shape index (κ3) is 5.87. The average molecular weight is 366 g/mol. The Morgan fingerprint density at radius 2 is 1.96 bits per heavy atom. The maximum absolute atomic E-state index is 13.0. The summed E-state index contributed by atoms with van der Waals surface area (Å²) in [6.45, 7) is 0.155. The summed E-state index contributed by atoms with van der Waals surface area (Å²) in [5, 5.41) is 12.5. The minimum Gasteiger partial charge on any atom is -0.481 e. The van der Waals surface area contributed by atoms with E-state index in [2.05, 4.69) is 10.1 Å². The van der Waals surface area contributed by atoms with Gasteiger partial charge in [0.2, 0.25) is 0 Å². The molecule has 0 saturated carbocycles.